The van der Waals surface area contributed by atoms with Gasteiger partial charge in [-0.05, 0) is 43.2 Å². The number of carbonyl (C=O) groups excluding carboxylic acids is 2. The van der Waals surface area contributed by atoms with E-state index in [0.717, 1.165) is 5.56 Å². The van der Waals surface area contributed by atoms with Crippen molar-refractivity contribution in [2.24, 2.45) is 5.41 Å². The standard InChI is InChI=1S/C22H25NO6/c1-5-29-21(25)22(20(24)23-15-9-7-6-8-10-15)13-16(22)14-11-17(26-2)19(28-4)18(12-14)27-3/h6-12,16H,5,13H2,1-4H3,(H,23,24)/t16-,22+/m1/s1. The molecule has 1 aliphatic rings. The van der Waals surface area contributed by atoms with E-state index in [2.05, 4.69) is 5.32 Å². The lowest BCUT2D eigenvalue weighted by atomic mass is 9.97. The minimum atomic E-state index is -1.30. The molecule has 1 saturated carbocycles. The molecule has 0 aliphatic heterocycles. The van der Waals surface area contributed by atoms with Crippen LogP contribution >= 0.6 is 0 Å². The van der Waals surface area contributed by atoms with Gasteiger partial charge in [-0.15, -0.1) is 0 Å². The molecule has 7 nitrogen and oxygen atoms in total. The Morgan fingerprint density at radius 1 is 1.03 bits per heavy atom. The summed E-state index contributed by atoms with van der Waals surface area (Å²) < 4.78 is 21.4. The molecule has 0 radical (unpaired) electrons. The molecule has 0 unspecified atom stereocenters. The normalized spacial score (nSPS) is 19.8. The first-order chi connectivity index (χ1) is 14.0. The maximum Gasteiger partial charge on any atom is 0.322 e. The van der Waals surface area contributed by atoms with Crippen LogP contribution in [-0.4, -0.2) is 39.8 Å². The number of amides is 1. The number of esters is 1. The quantitative estimate of drug-likeness (QED) is 0.541. The van der Waals surface area contributed by atoms with Crippen molar-refractivity contribution in [2.75, 3.05) is 33.3 Å². The zero-order valence-corrected chi connectivity index (χ0v) is 17.0. The number of ether oxygens (including phenoxy) is 4. The van der Waals surface area contributed by atoms with Crippen molar-refractivity contribution >= 4 is 17.6 Å². The molecule has 2 aromatic rings. The fourth-order valence-electron chi connectivity index (χ4n) is 3.56. The largest absolute Gasteiger partial charge is 0.493 e. The van der Waals surface area contributed by atoms with Crippen molar-refractivity contribution in [1.29, 1.82) is 0 Å². The Kier molecular flexibility index (Phi) is 5.96. The zero-order valence-electron chi connectivity index (χ0n) is 17.0. The summed E-state index contributed by atoms with van der Waals surface area (Å²) in [6.45, 7) is 1.92. The second-order valence-corrected chi connectivity index (χ2v) is 6.73. The minimum absolute atomic E-state index is 0.196. The maximum absolute atomic E-state index is 13.1. The first kappa shape index (κ1) is 20.5. The van der Waals surface area contributed by atoms with Crippen LogP contribution in [-0.2, 0) is 14.3 Å². The van der Waals surface area contributed by atoms with Crippen LogP contribution in [0.3, 0.4) is 0 Å². The number of methoxy groups -OCH3 is 3. The van der Waals surface area contributed by atoms with E-state index >= 15 is 0 Å². The summed E-state index contributed by atoms with van der Waals surface area (Å²) in [6, 6.07) is 12.6. The van der Waals surface area contributed by atoms with Gasteiger partial charge in [-0.3, -0.25) is 9.59 Å². The number of nitrogens with one attached hydrogen (secondary N) is 1. The van der Waals surface area contributed by atoms with Crippen LogP contribution in [0.5, 0.6) is 17.2 Å². The van der Waals surface area contributed by atoms with Crippen LogP contribution in [0, 0.1) is 5.41 Å². The average Bonchev–Trinajstić information content (AvgIpc) is 3.50. The Morgan fingerprint density at radius 3 is 2.17 bits per heavy atom. The molecule has 0 aromatic heterocycles. The molecule has 1 fully saturated rings. The number of benzene rings is 2. The topological polar surface area (TPSA) is 83.1 Å². The van der Waals surface area contributed by atoms with Crippen molar-refractivity contribution in [2.45, 2.75) is 19.3 Å². The van der Waals surface area contributed by atoms with Gasteiger partial charge < -0.3 is 24.3 Å². The van der Waals surface area contributed by atoms with Crippen LogP contribution in [0.25, 0.3) is 0 Å². The summed E-state index contributed by atoms with van der Waals surface area (Å²) in [5.41, 5.74) is 0.0729. The molecule has 7 heteroatoms. The van der Waals surface area contributed by atoms with Gasteiger partial charge in [0.1, 0.15) is 0 Å². The van der Waals surface area contributed by atoms with E-state index in [1.807, 2.05) is 18.2 Å². The van der Waals surface area contributed by atoms with E-state index in [-0.39, 0.29) is 18.4 Å². The second-order valence-electron chi connectivity index (χ2n) is 6.73. The molecule has 154 valence electrons. The third-order valence-electron chi connectivity index (χ3n) is 5.13. The van der Waals surface area contributed by atoms with Gasteiger partial charge >= 0.3 is 5.97 Å². The Balaban J connectivity index is 1.97. The Hall–Kier alpha value is -3.22. The summed E-state index contributed by atoms with van der Waals surface area (Å²) in [4.78, 5) is 25.9. The van der Waals surface area contributed by atoms with Gasteiger partial charge in [0.05, 0.1) is 27.9 Å². The molecule has 3 rings (SSSR count). The molecule has 0 bridgehead atoms. The van der Waals surface area contributed by atoms with Crippen LogP contribution in [0.2, 0.25) is 0 Å². The molecule has 2 aromatic carbocycles. The lowest BCUT2D eigenvalue weighted by Crippen LogP contribution is -2.34. The van der Waals surface area contributed by atoms with Gasteiger partial charge in [0.15, 0.2) is 16.9 Å². The number of rotatable bonds is 8. The van der Waals surface area contributed by atoms with Crippen molar-refractivity contribution in [1.82, 2.24) is 0 Å². The molecule has 0 heterocycles. The SMILES string of the molecule is CCOC(=O)[C@@]1(C(=O)Nc2ccccc2)C[C@@H]1c1cc(OC)c(OC)c(OC)c1. The predicted octanol–water partition coefficient (Wildman–Crippen LogP) is 3.39. The number of anilines is 1. The highest BCUT2D eigenvalue weighted by molar-refractivity contribution is 6.13. The summed E-state index contributed by atoms with van der Waals surface area (Å²) in [6.07, 6.45) is 0.336. The van der Waals surface area contributed by atoms with Gasteiger partial charge in [0, 0.05) is 11.6 Å². The molecule has 1 N–H and O–H groups in total. The summed E-state index contributed by atoms with van der Waals surface area (Å²) in [7, 11) is 4.57. The Labute approximate surface area is 169 Å². The Bertz CT molecular complexity index is 872. The molecule has 2 atom stereocenters. The first-order valence-corrected chi connectivity index (χ1v) is 9.35. The molecule has 1 aliphatic carbocycles. The molecule has 0 spiro atoms. The first-order valence-electron chi connectivity index (χ1n) is 9.35. The van der Waals surface area contributed by atoms with E-state index in [9.17, 15) is 9.59 Å². The summed E-state index contributed by atoms with van der Waals surface area (Å²) >= 11 is 0. The van der Waals surface area contributed by atoms with Gasteiger partial charge in [-0.25, -0.2) is 0 Å². The van der Waals surface area contributed by atoms with Gasteiger partial charge in [0.2, 0.25) is 11.7 Å². The average molecular weight is 399 g/mol. The van der Waals surface area contributed by atoms with Crippen molar-refractivity contribution < 1.29 is 28.5 Å². The lowest BCUT2D eigenvalue weighted by molar-refractivity contribution is -0.153. The van der Waals surface area contributed by atoms with E-state index in [0.29, 0.717) is 29.4 Å². The Morgan fingerprint density at radius 2 is 1.66 bits per heavy atom. The van der Waals surface area contributed by atoms with Crippen molar-refractivity contribution in [3.05, 3.63) is 48.0 Å². The predicted molar refractivity (Wildman–Crippen MR) is 108 cm³/mol. The summed E-state index contributed by atoms with van der Waals surface area (Å²) in [5, 5.41) is 2.84. The lowest BCUT2D eigenvalue weighted by Gasteiger charge is -2.18. The second kappa shape index (κ2) is 8.43. The molecular formula is C22H25NO6. The van der Waals surface area contributed by atoms with Crippen LogP contribution in [0.15, 0.2) is 42.5 Å². The number of carbonyl (C=O) groups is 2. The summed E-state index contributed by atoms with van der Waals surface area (Å²) in [5.74, 6) is 0.104. The van der Waals surface area contributed by atoms with E-state index in [1.54, 1.807) is 31.2 Å². The number of para-hydroxylation sites is 1. The molecular weight excluding hydrogens is 374 g/mol. The van der Waals surface area contributed by atoms with Crippen LogP contribution in [0.1, 0.15) is 24.8 Å². The molecule has 1 amide bonds. The fourth-order valence-corrected chi connectivity index (χ4v) is 3.56. The number of hydrogen-bond acceptors (Lipinski definition) is 6. The van der Waals surface area contributed by atoms with Crippen LogP contribution in [0.4, 0.5) is 5.69 Å². The van der Waals surface area contributed by atoms with Crippen molar-refractivity contribution in [3.63, 3.8) is 0 Å². The third-order valence-corrected chi connectivity index (χ3v) is 5.13. The monoisotopic (exact) mass is 399 g/mol. The van der Waals surface area contributed by atoms with E-state index < -0.39 is 11.4 Å². The highest BCUT2D eigenvalue weighted by Crippen LogP contribution is 2.62. The smallest absolute Gasteiger partial charge is 0.322 e. The molecule has 29 heavy (non-hydrogen) atoms. The number of hydrogen-bond donors (Lipinski definition) is 1. The highest BCUT2D eigenvalue weighted by Gasteiger charge is 2.67. The molecule has 0 saturated heterocycles. The zero-order chi connectivity index (χ0) is 21.0. The van der Waals surface area contributed by atoms with E-state index in [4.69, 9.17) is 18.9 Å². The van der Waals surface area contributed by atoms with E-state index in [1.165, 1.54) is 21.3 Å². The van der Waals surface area contributed by atoms with Crippen LogP contribution < -0.4 is 19.5 Å². The van der Waals surface area contributed by atoms with Gasteiger partial charge in [-0.2, -0.15) is 0 Å². The minimum Gasteiger partial charge on any atom is -0.493 e. The fraction of sp³-hybridized carbons (Fsp3) is 0.364. The maximum atomic E-state index is 13.1. The van der Waals surface area contributed by atoms with Crippen molar-refractivity contribution in [3.8, 4) is 17.2 Å². The van der Waals surface area contributed by atoms with Gasteiger partial charge in [0.25, 0.3) is 0 Å². The highest BCUT2D eigenvalue weighted by atomic mass is 16.5. The third kappa shape index (κ3) is 3.72. The van der Waals surface area contributed by atoms with Gasteiger partial charge in [-0.1, -0.05) is 18.2 Å².